The molecule has 7 nitrogen and oxygen atoms in total. The monoisotopic (exact) mass is 442 g/mol. The molecule has 2 saturated carbocycles. The maximum atomic E-state index is 13.5. The van der Waals surface area contributed by atoms with Gasteiger partial charge in [0.1, 0.15) is 18.1 Å². The van der Waals surface area contributed by atoms with Gasteiger partial charge in [0, 0.05) is 30.4 Å². The molecule has 4 heterocycles. The number of rotatable bonds is 4. The standard InChI is InChI=1S/C22H17F3N4O3/c23-22(24,25)12-3-4-16(28-10-12)32-15-9-21-8-13(21)11-29(18(15)21)20(30)14-2-1-5-26-17(14)19-27-6-7-31-19/h1-7,10,13,15,18H,8-9,11H2. The Balaban J connectivity index is 1.24. The van der Waals surface area contributed by atoms with Crippen molar-refractivity contribution in [2.45, 2.75) is 31.2 Å². The SMILES string of the molecule is O=C(c1cccnc1-c1ncco1)N1CC2CC23CC(Oc2ccc(C(F)(F)F)cn2)C13. The number of hydrogen-bond donors (Lipinski definition) is 0. The minimum atomic E-state index is -4.45. The summed E-state index contributed by atoms with van der Waals surface area (Å²) in [5, 5.41) is 0. The molecule has 1 spiro atoms. The van der Waals surface area contributed by atoms with Crippen LogP contribution in [-0.2, 0) is 6.18 Å². The fourth-order valence-electron chi connectivity index (χ4n) is 5.27. The van der Waals surface area contributed by atoms with E-state index in [1.165, 1.54) is 18.5 Å². The third-order valence-corrected chi connectivity index (χ3v) is 6.82. The van der Waals surface area contributed by atoms with Crippen molar-refractivity contribution >= 4 is 5.91 Å². The van der Waals surface area contributed by atoms with Crippen LogP contribution in [0.3, 0.4) is 0 Å². The van der Waals surface area contributed by atoms with Gasteiger partial charge in [-0.25, -0.2) is 9.97 Å². The van der Waals surface area contributed by atoms with Gasteiger partial charge >= 0.3 is 6.18 Å². The van der Waals surface area contributed by atoms with Gasteiger partial charge in [0.25, 0.3) is 5.91 Å². The summed E-state index contributed by atoms with van der Waals surface area (Å²) in [5.41, 5.74) is -0.0223. The largest absolute Gasteiger partial charge is 0.472 e. The van der Waals surface area contributed by atoms with Crippen LogP contribution in [0.4, 0.5) is 13.2 Å². The van der Waals surface area contributed by atoms with E-state index in [0.717, 1.165) is 25.1 Å². The summed E-state index contributed by atoms with van der Waals surface area (Å²) < 4.78 is 49.6. The molecular weight excluding hydrogens is 425 g/mol. The first-order valence-electron chi connectivity index (χ1n) is 10.2. The van der Waals surface area contributed by atoms with Gasteiger partial charge in [0.2, 0.25) is 11.8 Å². The minimum absolute atomic E-state index is 0.0392. The molecule has 1 saturated heterocycles. The van der Waals surface area contributed by atoms with Gasteiger partial charge in [0.05, 0.1) is 23.4 Å². The number of halogens is 3. The van der Waals surface area contributed by atoms with E-state index in [-0.39, 0.29) is 35.2 Å². The molecular formula is C22H17F3N4O3. The second-order valence-corrected chi connectivity index (χ2v) is 8.52. The number of likely N-dealkylation sites (tertiary alicyclic amines) is 1. The molecule has 0 bridgehead atoms. The van der Waals surface area contributed by atoms with Crippen molar-refractivity contribution in [3.8, 4) is 17.5 Å². The summed E-state index contributed by atoms with van der Waals surface area (Å²) in [6.07, 6.45) is 2.26. The van der Waals surface area contributed by atoms with E-state index in [1.807, 2.05) is 0 Å². The van der Waals surface area contributed by atoms with E-state index in [1.54, 1.807) is 23.2 Å². The van der Waals surface area contributed by atoms with Crippen molar-refractivity contribution in [1.29, 1.82) is 0 Å². The highest BCUT2D eigenvalue weighted by molar-refractivity contribution is 5.99. The summed E-state index contributed by atoms with van der Waals surface area (Å²) in [5.74, 6) is 0.620. The minimum Gasteiger partial charge on any atom is -0.472 e. The van der Waals surface area contributed by atoms with Crippen molar-refractivity contribution in [3.05, 3.63) is 60.2 Å². The second kappa shape index (κ2) is 6.54. The van der Waals surface area contributed by atoms with Crippen LogP contribution in [0.1, 0.15) is 28.8 Å². The first-order valence-corrected chi connectivity index (χ1v) is 10.2. The highest BCUT2D eigenvalue weighted by Gasteiger charge is 2.76. The summed E-state index contributed by atoms with van der Waals surface area (Å²) in [4.78, 5) is 27.5. The molecule has 1 aliphatic heterocycles. The van der Waals surface area contributed by atoms with E-state index >= 15 is 0 Å². The van der Waals surface area contributed by atoms with Crippen LogP contribution in [0.25, 0.3) is 11.6 Å². The van der Waals surface area contributed by atoms with Crippen molar-refractivity contribution in [2.75, 3.05) is 6.54 Å². The smallest absolute Gasteiger partial charge is 0.417 e. The molecule has 3 fully saturated rings. The molecule has 32 heavy (non-hydrogen) atoms. The maximum Gasteiger partial charge on any atom is 0.417 e. The first-order chi connectivity index (χ1) is 15.4. The zero-order valence-corrected chi connectivity index (χ0v) is 16.6. The topological polar surface area (TPSA) is 81.4 Å². The molecule has 10 heteroatoms. The third-order valence-electron chi connectivity index (χ3n) is 6.82. The Morgan fingerprint density at radius 1 is 1.16 bits per heavy atom. The number of nitrogens with zero attached hydrogens (tertiary/aromatic N) is 4. The average molecular weight is 442 g/mol. The number of hydrogen-bond acceptors (Lipinski definition) is 6. The van der Waals surface area contributed by atoms with E-state index in [2.05, 4.69) is 15.0 Å². The van der Waals surface area contributed by atoms with E-state index in [9.17, 15) is 18.0 Å². The van der Waals surface area contributed by atoms with Crippen molar-refractivity contribution < 1.29 is 27.1 Å². The second-order valence-electron chi connectivity index (χ2n) is 8.52. The molecule has 2 aliphatic carbocycles. The predicted octanol–water partition coefficient (Wildman–Crippen LogP) is 3.83. The molecule has 3 aliphatic rings. The lowest BCUT2D eigenvalue weighted by molar-refractivity contribution is -0.137. The van der Waals surface area contributed by atoms with Gasteiger partial charge in [-0.3, -0.25) is 9.78 Å². The Morgan fingerprint density at radius 3 is 2.75 bits per heavy atom. The number of carbonyl (C=O) groups excluding carboxylic acids is 1. The van der Waals surface area contributed by atoms with Gasteiger partial charge in [-0.2, -0.15) is 13.2 Å². The molecule has 3 aromatic heterocycles. The van der Waals surface area contributed by atoms with Crippen LogP contribution in [0.5, 0.6) is 5.88 Å². The summed E-state index contributed by atoms with van der Waals surface area (Å²) in [6, 6.07) is 5.40. The van der Waals surface area contributed by atoms with Crippen LogP contribution in [0, 0.1) is 11.3 Å². The molecule has 0 N–H and O–H groups in total. The number of aromatic nitrogens is 3. The number of piperidine rings is 1. The van der Waals surface area contributed by atoms with Gasteiger partial charge in [-0.15, -0.1) is 0 Å². The molecule has 4 atom stereocenters. The Hall–Kier alpha value is -3.43. The number of pyridine rings is 2. The van der Waals surface area contributed by atoms with Gasteiger partial charge in [-0.05, 0) is 37.0 Å². The lowest BCUT2D eigenvalue weighted by Gasteiger charge is -2.47. The molecule has 0 radical (unpaired) electrons. The highest BCUT2D eigenvalue weighted by atomic mass is 19.4. The fourth-order valence-corrected chi connectivity index (χ4v) is 5.27. The van der Waals surface area contributed by atoms with Crippen LogP contribution >= 0.6 is 0 Å². The molecule has 0 aromatic carbocycles. The Labute approximate surface area is 180 Å². The lowest BCUT2D eigenvalue weighted by Crippen LogP contribution is -2.59. The zero-order valence-electron chi connectivity index (χ0n) is 16.6. The van der Waals surface area contributed by atoms with E-state index < -0.39 is 11.7 Å². The van der Waals surface area contributed by atoms with Crippen LogP contribution in [0.15, 0.2) is 53.5 Å². The Bertz CT molecular complexity index is 1180. The van der Waals surface area contributed by atoms with Crippen LogP contribution < -0.4 is 4.74 Å². The third kappa shape index (κ3) is 2.81. The summed E-state index contributed by atoms with van der Waals surface area (Å²) in [6.45, 7) is 0.615. The average Bonchev–Trinajstić information content (AvgIpc) is 3.14. The zero-order chi connectivity index (χ0) is 22.1. The van der Waals surface area contributed by atoms with Crippen molar-refractivity contribution in [2.24, 2.45) is 11.3 Å². The Kier molecular flexibility index (Phi) is 3.94. The first kappa shape index (κ1) is 19.3. The predicted molar refractivity (Wildman–Crippen MR) is 103 cm³/mol. The Morgan fingerprint density at radius 2 is 2.03 bits per heavy atom. The number of carbonyl (C=O) groups is 1. The number of alkyl halides is 3. The molecule has 1 amide bonds. The quantitative estimate of drug-likeness (QED) is 0.611. The van der Waals surface area contributed by atoms with E-state index in [0.29, 0.717) is 23.7 Å². The molecule has 4 unspecified atom stereocenters. The maximum absolute atomic E-state index is 13.5. The van der Waals surface area contributed by atoms with Gasteiger partial charge in [-0.1, -0.05) is 0 Å². The summed E-state index contributed by atoms with van der Waals surface area (Å²) in [7, 11) is 0. The normalized spacial score (nSPS) is 28.0. The molecule has 3 aromatic rings. The highest BCUT2D eigenvalue weighted by Crippen LogP contribution is 2.71. The molecule has 6 rings (SSSR count). The number of oxazole rings is 1. The summed E-state index contributed by atoms with van der Waals surface area (Å²) >= 11 is 0. The van der Waals surface area contributed by atoms with Gasteiger partial charge in [0.15, 0.2) is 0 Å². The van der Waals surface area contributed by atoms with Crippen LogP contribution in [-0.4, -0.2) is 44.4 Å². The lowest BCUT2D eigenvalue weighted by atomic mass is 9.73. The fraction of sp³-hybridized carbons (Fsp3) is 0.364. The number of amides is 1. The van der Waals surface area contributed by atoms with Gasteiger partial charge < -0.3 is 14.1 Å². The van der Waals surface area contributed by atoms with Crippen molar-refractivity contribution in [1.82, 2.24) is 19.9 Å². The van der Waals surface area contributed by atoms with E-state index in [4.69, 9.17) is 9.15 Å². The molecule has 164 valence electrons. The van der Waals surface area contributed by atoms with Crippen molar-refractivity contribution in [3.63, 3.8) is 0 Å². The van der Waals surface area contributed by atoms with Crippen LogP contribution in [0.2, 0.25) is 0 Å². The number of ether oxygens (including phenoxy) is 1.